The zero-order chi connectivity index (χ0) is 21.9. The Hall–Kier alpha value is -3.52. The van der Waals surface area contributed by atoms with E-state index in [2.05, 4.69) is 20.5 Å². The summed E-state index contributed by atoms with van der Waals surface area (Å²) in [7, 11) is 0. The maximum absolute atomic E-state index is 12.3. The lowest BCUT2D eigenvalue weighted by Gasteiger charge is -2.14. The molecule has 0 spiro atoms. The fourth-order valence-corrected chi connectivity index (χ4v) is 3.99. The molecule has 32 heavy (non-hydrogen) atoms. The number of carbonyl (C=O) groups excluding carboxylic acids is 1. The summed E-state index contributed by atoms with van der Waals surface area (Å²) in [4.78, 5) is 18.7. The molecule has 0 saturated carbocycles. The van der Waals surface area contributed by atoms with Crippen molar-refractivity contribution in [1.29, 1.82) is 0 Å². The molecule has 1 aliphatic heterocycles. The van der Waals surface area contributed by atoms with Crippen LogP contribution in [0.1, 0.15) is 30.7 Å². The Kier molecular flexibility index (Phi) is 5.68. The number of aryl methyl sites for hydroxylation is 1. The molecule has 1 saturated heterocycles. The summed E-state index contributed by atoms with van der Waals surface area (Å²) in [6.07, 6.45) is 6.16. The van der Waals surface area contributed by atoms with Crippen molar-refractivity contribution in [2.75, 3.05) is 13.1 Å². The minimum atomic E-state index is 0.173. The number of nitrogens with zero attached hydrogens (tertiary/aromatic N) is 6. The van der Waals surface area contributed by atoms with Gasteiger partial charge in [-0.2, -0.15) is 4.98 Å². The third-order valence-corrected chi connectivity index (χ3v) is 5.86. The van der Waals surface area contributed by atoms with Crippen molar-refractivity contribution in [3.8, 4) is 11.4 Å². The fourth-order valence-electron chi connectivity index (χ4n) is 3.79. The maximum atomic E-state index is 12.3. The predicted octanol–water partition coefficient (Wildman–Crippen LogP) is 4.32. The summed E-state index contributed by atoms with van der Waals surface area (Å²) in [6, 6.07) is 13.2. The minimum Gasteiger partial charge on any atom is -0.343 e. The van der Waals surface area contributed by atoms with Crippen LogP contribution in [0.5, 0.6) is 0 Å². The number of likely N-dealkylation sites (tertiary alicyclic amines) is 1. The van der Waals surface area contributed by atoms with Crippen LogP contribution in [-0.4, -0.2) is 49.0 Å². The van der Waals surface area contributed by atoms with Gasteiger partial charge in [0, 0.05) is 36.2 Å². The number of halogens is 1. The summed E-state index contributed by atoms with van der Waals surface area (Å²) in [5.74, 6) is 1.01. The van der Waals surface area contributed by atoms with Gasteiger partial charge in [0.1, 0.15) is 5.52 Å². The minimum absolute atomic E-state index is 0.173. The quantitative estimate of drug-likeness (QED) is 0.436. The molecule has 1 amide bonds. The van der Waals surface area contributed by atoms with Crippen LogP contribution in [0.15, 0.2) is 47.0 Å². The predicted molar refractivity (Wildman–Crippen MR) is 122 cm³/mol. The first-order chi connectivity index (χ1) is 15.7. The molecule has 0 atom stereocenters. The second-order valence-electron chi connectivity index (χ2n) is 7.67. The summed E-state index contributed by atoms with van der Waals surface area (Å²) >= 11 is 6.17. The SMILES string of the molecule is O=C(CCn1nnc2cc(-c3noc(C=Cc4ccccc4Cl)n3)ccc21)N1CCCC1. The molecule has 0 unspecified atom stereocenters. The standard InChI is InChI=1S/C23H21ClN6O2/c24-18-6-2-1-5-16(18)8-10-21-25-23(27-32-21)17-7-9-20-19(15-17)26-28-30(20)14-11-22(31)29-12-3-4-13-29/h1-2,5-10,15H,3-4,11-14H2. The fraction of sp³-hybridized carbons (Fsp3) is 0.261. The van der Waals surface area contributed by atoms with Crippen molar-refractivity contribution in [2.45, 2.75) is 25.8 Å². The Morgan fingerprint density at radius 2 is 1.97 bits per heavy atom. The van der Waals surface area contributed by atoms with Crippen molar-refractivity contribution in [3.05, 3.63) is 58.9 Å². The van der Waals surface area contributed by atoms with Gasteiger partial charge in [0.05, 0.1) is 12.1 Å². The largest absolute Gasteiger partial charge is 0.343 e. The molecule has 1 fully saturated rings. The summed E-state index contributed by atoms with van der Waals surface area (Å²) in [5.41, 5.74) is 3.23. The third-order valence-electron chi connectivity index (χ3n) is 5.52. The van der Waals surface area contributed by atoms with Crippen LogP contribution in [0, 0.1) is 0 Å². The van der Waals surface area contributed by atoms with E-state index < -0.39 is 0 Å². The van der Waals surface area contributed by atoms with Crippen molar-refractivity contribution in [1.82, 2.24) is 30.0 Å². The first-order valence-electron chi connectivity index (χ1n) is 10.5. The number of carbonyl (C=O) groups is 1. The number of rotatable bonds is 6. The Labute approximate surface area is 189 Å². The van der Waals surface area contributed by atoms with Gasteiger partial charge in [-0.15, -0.1) is 5.10 Å². The number of aromatic nitrogens is 5. The number of hydrogen-bond donors (Lipinski definition) is 0. The summed E-state index contributed by atoms with van der Waals surface area (Å²) in [6.45, 7) is 2.23. The van der Waals surface area contributed by atoms with Crippen LogP contribution in [-0.2, 0) is 11.3 Å². The van der Waals surface area contributed by atoms with Crippen LogP contribution >= 0.6 is 11.6 Å². The molecule has 0 radical (unpaired) electrons. The first kappa shape index (κ1) is 20.4. The second kappa shape index (κ2) is 8.92. The molecule has 0 aliphatic carbocycles. The zero-order valence-electron chi connectivity index (χ0n) is 17.3. The van der Waals surface area contributed by atoms with Gasteiger partial charge in [0.15, 0.2) is 0 Å². The van der Waals surface area contributed by atoms with Crippen LogP contribution in [0.25, 0.3) is 34.6 Å². The van der Waals surface area contributed by atoms with E-state index in [9.17, 15) is 4.79 Å². The Morgan fingerprint density at radius 1 is 1.12 bits per heavy atom. The molecule has 4 aromatic rings. The van der Waals surface area contributed by atoms with Gasteiger partial charge in [0.25, 0.3) is 5.89 Å². The monoisotopic (exact) mass is 448 g/mol. The van der Waals surface area contributed by atoms with E-state index in [0.29, 0.717) is 35.2 Å². The smallest absolute Gasteiger partial charge is 0.250 e. The summed E-state index contributed by atoms with van der Waals surface area (Å²) < 4.78 is 7.10. The van der Waals surface area contributed by atoms with Gasteiger partial charge in [0.2, 0.25) is 11.7 Å². The van der Waals surface area contributed by atoms with Crippen molar-refractivity contribution in [2.24, 2.45) is 0 Å². The van der Waals surface area contributed by atoms with E-state index >= 15 is 0 Å². The topological polar surface area (TPSA) is 89.9 Å². The number of fused-ring (bicyclic) bond motifs is 1. The Balaban J connectivity index is 1.29. The van der Waals surface area contributed by atoms with Gasteiger partial charge in [-0.05, 0) is 48.7 Å². The highest BCUT2D eigenvalue weighted by molar-refractivity contribution is 6.32. The lowest BCUT2D eigenvalue weighted by molar-refractivity contribution is -0.130. The lowest BCUT2D eigenvalue weighted by atomic mass is 10.2. The molecule has 1 aliphatic rings. The molecule has 162 valence electrons. The van der Waals surface area contributed by atoms with Crippen molar-refractivity contribution in [3.63, 3.8) is 0 Å². The number of hydrogen-bond acceptors (Lipinski definition) is 6. The van der Waals surface area contributed by atoms with Crippen LogP contribution in [0.4, 0.5) is 0 Å². The molecule has 0 N–H and O–H groups in total. The third kappa shape index (κ3) is 4.27. The van der Waals surface area contributed by atoms with Crippen molar-refractivity contribution < 1.29 is 9.32 Å². The molecule has 8 nitrogen and oxygen atoms in total. The van der Waals surface area contributed by atoms with Gasteiger partial charge in [-0.25, -0.2) is 4.68 Å². The second-order valence-corrected chi connectivity index (χ2v) is 8.07. The Morgan fingerprint density at radius 3 is 2.81 bits per heavy atom. The highest BCUT2D eigenvalue weighted by Gasteiger charge is 2.18. The molecular formula is C23H21ClN6O2. The first-order valence-corrected chi connectivity index (χ1v) is 10.9. The van der Waals surface area contributed by atoms with E-state index in [1.54, 1.807) is 10.8 Å². The molecule has 2 aromatic carbocycles. The van der Waals surface area contributed by atoms with Gasteiger partial charge >= 0.3 is 0 Å². The normalized spacial score (nSPS) is 14.1. The van der Waals surface area contributed by atoms with Crippen molar-refractivity contribution >= 4 is 40.7 Å². The van der Waals surface area contributed by atoms with Crippen LogP contribution in [0.2, 0.25) is 5.02 Å². The van der Waals surface area contributed by atoms with Gasteiger partial charge in [-0.3, -0.25) is 4.79 Å². The highest BCUT2D eigenvalue weighted by atomic mass is 35.5. The molecular weight excluding hydrogens is 428 g/mol. The van der Waals surface area contributed by atoms with E-state index in [0.717, 1.165) is 42.6 Å². The highest BCUT2D eigenvalue weighted by Crippen LogP contribution is 2.23. The molecule has 9 heteroatoms. The average Bonchev–Trinajstić information content (AvgIpc) is 3.58. The van der Waals surface area contributed by atoms with E-state index in [1.165, 1.54) is 0 Å². The van der Waals surface area contributed by atoms with E-state index in [-0.39, 0.29) is 5.91 Å². The van der Waals surface area contributed by atoms with Gasteiger partial charge < -0.3 is 9.42 Å². The number of benzene rings is 2. The summed E-state index contributed by atoms with van der Waals surface area (Å²) in [5, 5.41) is 13.2. The van der Waals surface area contributed by atoms with E-state index in [1.807, 2.05) is 53.4 Å². The number of amides is 1. The average molecular weight is 449 g/mol. The van der Waals surface area contributed by atoms with E-state index in [4.69, 9.17) is 16.1 Å². The molecule has 5 rings (SSSR count). The van der Waals surface area contributed by atoms with Crippen LogP contribution < -0.4 is 0 Å². The molecule has 0 bridgehead atoms. The van der Waals surface area contributed by atoms with Crippen LogP contribution in [0.3, 0.4) is 0 Å². The maximum Gasteiger partial charge on any atom is 0.250 e. The van der Waals surface area contributed by atoms with Gasteiger partial charge in [-0.1, -0.05) is 40.2 Å². The molecule has 3 heterocycles. The Bertz CT molecular complexity index is 1290. The molecule has 2 aromatic heterocycles. The zero-order valence-corrected chi connectivity index (χ0v) is 18.1. The lowest BCUT2D eigenvalue weighted by Crippen LogP contribution is -2.28.